The van der Waals surface area contributed by atoms with Gasteiger partial charge in [0, 0.05) is 0 Å². The van der Waals surface area contributed by atoms with Crippen LogP contribution in [0.15, 0.2) is 15.3 Å². The Morgan fingerprint density at radius 1 is 1.00 bits per heavy atom. The van der Waals surface area contributed by atoms with Crippen LogP contribution in [0.5, 0.6) is 17.2 Å². The quantitative estimate of drug-likeness (QED) is 0.475. The Bertz CT molecular complexity index is 724. The maximum absolute atomic E-state index is 11.4. The van der Waals surface area contributed by atoms with E-state index in [1.165, 1.54) is 0 Å². The minimum absolute atomic E-state index is 0.0377. The summed E-state index contributed by atoms with van der Waals surface area (Å²) in [4.78, 5) is 22.4. The monoisotopic (exact) mass is 220 g/mol. The van der Waals surface area contributed by atoms with Gasteiger partial charge in [0.2, 0.25) is 11.5 Å². The lowest BCUT2D eigenvalue weighted by Gasteiger charge is -2.19. The van der Waals surface area contributed by atoms with Crippen molar-refractivity contribution in [1.82, 2.24) is 0 Å². The Morgan fingerprint density at radius 2 is 1.69 bits per heavy atom. The van der Waals surface area contributed by atoms with Crippen molar-refractivity contribution >= 4 is 16.8 Å². The average molecular weight is 220 g/mol. The number of benzene rings is 1. The largest absolute Gasteiger partial charge is 0.506 e. The standard InChI is InChI=1S/C10H4O6/c11-6-2-1-3-4(5(6)7(2)12)8(13)9(14)10(15)16-3/h1,11,13-14H. The van der Waals surface area contributed by atoms with E-state index in [1.807, 2.05) is 0 Å². The van der Waals surface area contributed by atoms with Gasteiger partial charge in [0.1, 0.15) is 11.3 Å². The molecule has 6 nitrogen and oxygen atoms in total. The van der Waals surface area contributed by atoms with E-state index in [-0.39, 0.29) is 27.8 Å². The highest BCUT2D eigenvalue weighted by atomic mass is 16.4. The molecule has 16 heavy (non-hydrogen) atoms. The predicted octanol–water partition coefficient (Wildman–Crippen LogP) is 0.454. The fraction of sp³-hybridized carbons (Fsp3) is 0. The van der Waals surface area contributed by atoms with Crippen LogP contribution < -0.4 is 5.63 Å². The van der Waals surface area contributed by atoms with Crippen LogP contribution >= 0.6 is 0 Å². The van der Waals surface area contributed by atoms with Gasteiger partial charge in [-0.1, -0.05) is 0 Å². The molecular formula is C10H4O6. The number of hydrogen-bond donors (Lipinski definition) is 3. The molecule has 80 valence electrons. The zero-order chi connectivity index (χ0) is 11.6. The van der Waals surface area contributed by atoms with Gasteiger partial charge in [-0.2, -0.15) is 0 Å². The number of carbonyl (C=O) groups is 1. The Labute approximate surface area is 87.0 Å². The van der Waals surface area contributed by atoms with Crippen molar-refractivity contribution in [3.8, 4) is 17.2 Å². The summed E-state index contributed by atoms with van der Waals surface area (Å²) in [6.45, 7) is 0. The number of phenols is 1. The number of ketones is 1. The molecule has 0 spiro atoms. The zero-order valence-corrected chi connectivity index (χ0v) is 7.64. The number of hydrogen-bond acceptors (Lipinski definition) is 6. The number of carbonyl (C=O) groups excluding carboxylic acids is 1. The lowest BCUT2D eigenvalue weighted by Crippen LogP contribution is -2.15. The van der Waals surface area contributed by atoms with Gasteiger partial charge in [-0.15, -0.1) is 0 Å². The molecule has 0 atom stereocenters. The van der Waals surface area contributed by atoms with Gasteiger partial charge < -0.3 is 19.7 Å². The fourth-order valence-electron chi connectivity index (χ4n) is 1.79. The molecule has 2 aliphatic carbocycles. The molecule has 0 unspecified atom stereocenters. The van der Waals surface area contributed by atoms with E-state index in [4.69, 9.17) is 0 Å². The molecule has 0 amide bonds. The maximum Gasteiger partial charge on any atom is 0.382 e. The third-order valence-corrected chi connectivity index (χ3v) is 2.59. The van der Waals surface area contributed by atoms with Gasteiger partial charge in [0.05, 0.1) is 16.5 Å². The molecule has 0 saturated heterocycles. The van der Waals surface area contributed by atoms with Crippen LogP contribution in [0.2, 0.25) is 0 Å². The Morgan fingerprint density at radius 3 is 2.31 bits per heavy atom. The summed E-state index contributed by atoms with van der Waals surface area (Å²) in [5, 5.41) is 28.0. The second kappa shape index (κ2) is 2.35. The molecule has 4 rings (SSSR count). The van der Waals surface area contributed by atoms with E-state index in [2.05, 4.69) is 4.42 Å². The van der Waals surface area contributed by atoms with Gasteiger partial charge in [0.15, 0.2) is 5.75 Å². The molecule has 1 aromatic carbocycles. The van der Waals surface area contributed by atoms with Crippen LogP contribution in [0, 0.1) is 0 Å². The summed E-state index contributed by atoms with van der Waals surface area (Å²) in [5.41, 5.74) is -1.23. The second-order valence-electron chi connectivity index (χ2n) is 3.44. The molecule has 6 heteroatoms. The van der Waals surface area contributed by atoms with Gasteiger partial charge in [-0.05, 0) is 6.07 Å². The van der Waals surface area contributed by atoms with Gasteiger partial charge in [-0.25, -0.2) is 4.79 Å². The zero-order valence-electron chi connectivity index (χ0n) is 7.64. The second-order valence-corrected chi connectivity index (χ2v) is 3.44. The fourth-order valence-corrected chi connectivity index (χ4v) is 1.79. The Hall–Kier alpha value is -2.50. The molecule has 0 aliphatic heterocycles. The lowest BCUT2D eigenvalue weighted by molar-refractivity contribution is 0.101. The first-order valence-corrected chi connectivity index (χ1v) is 4.31. The first kappa shape index (κ1) is 8.78. The normalized spacial score (nSPS) is 12.9. The van der Waals surface area contributed by atoms with Crippen molar-refractivity contribution in [2.45, 2.75) is 0 Å². The molecular weight excluding hydrogens is 216 g/mol. The highest BCUT2D eigenvalue weighted by molar-refractivity contribution is 6.29. The first-order chi connectivity index (χ1) is 7.52. The molecule has 2 aromatic rings. The van der Waals surface area contributed by atoms with E-state index in [9.17, 15) is 24.9 Å². The number of phenolic OH excluding ortho intramolecular Hbond substituents is 1. The summed E-state index contributed by atoms with van der Waals surface area (Å²) >= 11 is 0. The molecule has 0 fully saturated rings. The molecule has 2 aliphatic rings. The Kier molecular flexibility index (Phi) is 1.29. The van der Waals surface area contributed by atoms with Crippen LogP contribution in [-0.2, 0) is 0 Å². The predicted molar refractivity (Wildman–Crippen MR) is 50.9 cm³/mol. The van der Waals surface area contributed by atoms with E-state index in [0.717, 1.165) is 6.07 Å². The van der Waals surface area contributed by atoms with Gasteiger partial charge >= 0.3 is 5.63 Å². The minimum Gasteiger partial charge on any atom is -0.506 e. The maximum atomic E-state index is 11.4. The van der Waals surface area contributed by atoms with Crippen LogP contribution in [-0.4, -0.2) is 21.1 Å². The number of rotatable bonds is 0. The third-order valence-electron chi connectivity index (χ3n) is 2.59. The first-order valence-electron chi connectivity index (χ1n) is 4.31. The molecule has 0 radical (unpaired) electrons. The molecule has 1 heterocycles. The van der Waals surface area contributed by atoms with E-state index in [1.54, 1.807) is 0 Å². The van der Waals surface area contributed by atoms with E-state index in [0.29, 0.717) is 0 Å². The summed E-state index contributed by atoms with van der Waals surface area (Å²) in [6.07, 6.45) is 0. The molecule has 2 bridgehead atoms. The third kappa shape index (κ3) is 0.736. The van der Waals surface area contributed by atoms with E-state index < -0.39 is 22.9 Å². The Balaban J connectivity index is 2.62. The summed E-state index contributed by atoms with van der Waals surface area (Å²) < 4.78 is 4.67. The smallest absolute Gasteiger partial charge is 0.382 e. The van der Waals surface area contributed by atoms with Crippen molar-refractivity contribution in [2.24, 2.45) is 0 Å². The summed E-state index contributed by atoms with van der Waals surface area (Å²) in [7, 11) is 0. The van der Waals surface area contributed by atoms with Crippen molar-refractivity contribution in [3.05, 3.63) is 27.6 Å². The summed E-state index contributed by atoms with van der Waals surface area (Å²) in [5.74, 6) is -2.44. The van der Waals surface area contributed by atoms with Crippen molar-refractivity contribution in [3.63, 3.8) is 0 Å². The van der Waals surface area contributed by atoms with Crippen molar-refractivity contribution in [1.29, 1.82) is 0 Å². The van der Waals surface area contributed by atoms with Crippen LogP contribution in [0.25, 0.3) is 11.0 Å². The van der Waals surface area contributed by atoms with E-state index >= 15 is 0 Å². The minimum atomic E-state index is -1.10. The van der Waals surface area contributed by atoms with Crippen molar-refractivity contribution in [2.75, 3.05) is 0 Å². The van der Waals surface area contributed by atoms with Gasteiger partial charge in [-0.3, -0.25) is 4.79 Å². The highest BCUT2D eigenvalue weighted by Gasteiger charge is 2.35. The van der Waals surface area contributed by atoms with Crippen molar-refractivity contribution < 1.29 is 24.5 Å². The summed E-state index contributed by atoms with van der Waals surface area (Å²) in [6, 6.07) is 1.15. The van der Waals surface area contributed by atoms with Crippen LogP contribution in [0.3, 0.4) is 0 Å². The highest BCUT2D eigenvalue weighted by Crippen LogP contribution is 2.46. The van der Waals surface area contributed by atoms with Crippen LogP contribution in [0.1, 0.15) is 15.9 Å². The topological polar surface area (TPSA) is 108 Å². The molecule has 3 N–H and O–H groups in total. The van der Waals surface area contributed by atoms with Crippen LogP contribution in [0.4, 0.5) is 0 Å². The molecule has 0 saturated carbocycles. The number of aromatic hydroxyl groups is 3. The average Bonchev–Trinajstić information content (AvgIpc) is 2.27. The molecule has 1 aromatic heterocycles. The lowest BCUT2D eigenvalue weighted by atomic mass is 9.85. The van der Waals surface area contributed by atoms with Gasteiger partial charge in [0.25, 0.3) is 0 Å². The SMILES string of the molecule is O=C1c2cc3oc(=O)c(O)c(O)c3c1c2O.